The van der Waals surface area contributed by atoms with Crippen LogP contribution in [0.1, 0.15) is 11.4 Å². The van der Waals surface area contributed by atoms with Crippen molar-refractivity contribution in [3.63, 3.8) is 0 Å². The van der Waals surface area contributed by atoms with Gasteiger partial charge in [0, 0.05) is 11.1 Å². The fraction of sp³-hybridized carbons (Fsp3) is 0.136. The average Bonchev–Trinajstić information content (AvgIpc) is 3.20. The number of fused-ring (bicyclic) bond motifs is 1. The standard InChI is InChI=1S/C22H19FN8/c1-14-9-16(10-26-28-14)19-20(15-5-3-2-4-6-15)27-22(24)31-13-30(29-21(19)31)12-18-8-7-17(23)11-25-18/h2-11,24,29H,12-13H2,1H3. The largest absolute Gasteiger partial charge is 0.302 e. The van der Waals surface area contributed by atoms with E-state index >= 15 is 0 Å². The van der Waals surface area contributed by atoms with Gasteiger partial charge in [0.05, 0.1) is 48.3 Å². The highest BCUT2D eigenvalue weighted by Crippen LogP contribution is 2.37. The van der Waals surface area contributed by atoms with Crippen LogP contribution in [0.5, 0.6) is 0 Å². The maximum absolute atomic E-state index is 13.2. The Balaban J connectivity index is 1.62. The second kappa shape index (κ2) is 7.69. The number of aryl methyl sites for hydroxylation is 1. The summed E-state index contributed by atoms with van der Waals surface area (Å²) < 4.78 is 15.0. The maximum atomic E-state index is 13.2. The molecule has 0 amide bonds. The molecule has 0 atom stereocenters. The Kier molecular flexibility index (Phi) is 4.72. The van der Waals surface area contributed by atoms with Crippen molar-refractivity contribution in [2.45, 2.75) is 20.1 Å². The van der Waals surface area contributed by atoms with Crippen molar-refractivity contribution in [1.29, 1.82) is 5.41 Å². The van der Waals surface area contributed by atoms with E-state index in [1.165, 1.54) is 12.3 Å². The summed E-state index contributed by atoms with van der Waals surface area (Å²) in [5, 5.41) is 18.6. The van der Waals surface area contributed by atoms with Crippen LogP contribution in [-0.2, 0) is 13.2 Å². The molecular weight excluding hydrogens is 395 g/mol. The van der Waals surface area contributed by atoms with Crippen LogP contribution in [0.25, 0.3) is 22.4 Å². The zero-order valence-corrected chi connectivity index (χ0v) is 16.7. The topological polar surface area (TPSA) is 95.6 Å². The van der Waals surface area contributed by atoms with Gasteiger partial charge in [-0.15, -0.1) is 0 Å². The van der Waals surface area contributed by atoms with Crippen LogP contribution in [0.15, 0.2) is 60.9 Å². The molecule has 0 fully saturated rings. The van der Waals surface area contributed by atoms with Gasteiger partial charge < -0.3 is 5.43 Å². The van der Waals surface area contributed by atoms with E-state index in [1.54, 1.807) is 16.8 Å². The molecule has 4 aromatic rings. The van der Waals surface area contributed by atoms with Crippen LogP contribution in [0.3, 0.4) is 0 Å². The van der Waals surface area contributed by atoms with Crippen LogP contribution >= 0.6 is 0 Å². The summed E-state index contributed by atoms with van der Waals surface area (Å²) in [6.07, 6.45) is 2.90. The predicted octanol–water partition coefficient (Wildman–Crippen LogP) is 3.13. The minimum atomic E-state index is -0.371. The monoisotopic (exact) mass is 414 g/mol. The van der Waals surface area contributed by atoms with E-state index in [0.717, 1.165) is 28.2 Å². The number of anilines is 1. The van der Waals surface area contributed by atoms with Crippen LogP contribution in [0.4, 0.5) is 10.2 Å². The third kappa shape index (κ3) is 3.66. The van der Waals surface area contributed by atoms with Gasteiger partial charge in [-0.05, 0) is 25.1 Å². The lowest BCUT2D eigenvalue weighted by molar-refractivity contribution is 0.286. The van der Waals surface area contributed by atoms with Crippen molar-refractivity contribution in [3.05, 3.63) is 83.7 Å². The highest BCUT2D eigenvalue weighted by Gasteiger charge is 2.26. The number of rotatable bonds is 4. The smallest absolute Gasteiger partial charge is 0.225 e. The molecule has 1 aliphatic heterocycles. The summed E-state index contributed by atoms with van der Waals surface area (Å²) in [5.41, 5.74) is 8.33. The molecular formula is C22H19FN8. The number of aromatic nitrogens is 5. The maximum Gasteiger partial charge on any atom is 0.225 e. The van der Waals surface area contributed by atoms with Crippen molar-refractivity contribution in [2.75, 3.05) is 5.43 Å². The number of hydrogen-bond acceptors (Lipinski definition) is 7. The summed E-state index contributed by atoms with van der Waals surface area (Å²) in [6.45, 7) is 2.73. The first-order valence-electron chi connectivity index (χ1n) is 9.75. The highest BCUT2D eigenvalue weighted by atomic mass is 19.1. The van der Waals surface area contributed by atoms with E-state index in [2.05, 4.69) is 25.6 Å². The van der Waals surface area contributed by atoms with Gasteiger partial charge in [0.1, 0.15) is 11.6 Å². The quantitative estimate of drug-likeness (QED) is 0.533. The lowest BCUT2D eigenvalue weighted by Gasteiger charge is -2.16. The fourth-order valence-corrected chi connectivity index (χ4v) is 3.66. The number of halogens is 1. The van der Waals surface area contributed by atoms with E-state index in [4.69, 9.17) is 5.41 Å². The molecule has 0 radical (unpaired) electrons. The molecule has 9 heteroatoms. The van der Waals surface area contributed by atoms with Crippen LogP contribution < -0.4 is 11.0 Å². The van der Waals surface area contributed by atoms with Crippen LogP contribution in [0.2, 0.25) is 0 Å². The molecule has 8 nitrogen and oxygen atoms in total. The van der Waals surface area contributed by atoms with E-state index in [0.29, 0.717) is 24.6 Å². The Morgan fingerprint density at radius 1 is 1.10 bits per heavy atom. The second-order valence-electron chi connectivity index (χ2n) is 7.31. The number of pyridine rings is 1. The number of hydrazine groups is 1. The minimum Gasteiger partial charge on any atom is -0.302 e. The summed E-state index contributed by atoms with van der Waals surface area (Å²) in [7, 11) is 0. The summed E-state index contributed by atoms with van der Waals surface area (Å²) >= 11 is 0. The van der Waals surface area contributed by atoms with Crippen molar-refractivity contribution in [3.8, 4) is 22.4 Å². The predicted molar refractivity (Wildman–Crippen MR) is 113 cm³/mol. The van der Waals surface area contributed by atoms with E-state index < -0.39 is 0 Å². The Labute approximate surface area is 177 Å². The van der Waals surface area contributed by atoms with Crippen LogP contribution in [-0.4, -0.2) is 29.7 Å². The molecule has 5 rings (SSSR count). The summed E-state index contributed by atoms with van der Waals surface area (Å²) in [6, 6.07) is 14.8. The number of nitrogens with one attached hydrogen (secondary N) is 2. The molecule has 0 unspecified atom stereocenters. The number of hydrogen-bond donors (Lipinski definition) is 2. The normalized spacial score (nSPS) is 13.1. The zero-order valence-electron chi connectivity index (χ0n) is 16.7. The molecule has 1 aliphatic rings. The van der Waals surface area contributed by atoms with Crippen molar-refractivity contribution >= 4 is 5.82 Å². The molecule has 0 bridgehead atoms. The van der Waals surface area contributed by atoms with Gasteiger partial charge in [-0.25, -0.2) is 9.37 Å². The zero-order chi connectivity index (χ0) is 21.4. The van der Waals surface area contributed by atoms with Gasteiger partial charge in [-0.3, -0.25) is 15.0 Å². The molecule has 1 aromatic carbocycles. The molecule has 0 spiro atoms. The first-order valence-corrected chi connectivity index (χ1v) is 9.75. The average molecular weight is 414 g/mol. The van der Waals surface area contributed by atoms with Gasteiger partial charge in [0.2, 0.25) is 5.62 Å². The highest BCUT2D eigenvalue weighted by molar-refractivity contribution is 5.88. The first-order chi connectivity index (χ1) is 15.1. The van der Waals surface area contributed by atoms with Gasteiger partial charge in [0.15, 0.2) is 0 Å². The van der Waals surface area contributed by atoms with Crippen molar-refractivity contribution in [1.82, 2.24) is 29.7 Å². The molecule has 2 N–H and O–H groups in total. The number of nitrogens with zero attached hydrogens (tertiary/aromatic N) is 6. The summed E-state index contributed by atoms with van der Waals surface area (Å²) in [5.74, 6) is 0.372. The summed E-state index contributed by atoms with van der Waals surface area (Å²) in [4.78, 5) is 8.76. The van der Waals surface area contributed by atoms with E-state index in [9.17, 15) is 4.39 Å². The second-order valence-corrected chi connectivity index (χ2v) is 7.31. The van der Waals surface area contributed by atoms with Crippen LogP contribution in [0, 0.1) is 18.2 Å². The van der Waals surface area contributed by atoms with Gasteiger partial charge in [-0.2, -0.15) is 15.2 Å². The molecule has 0 saturated heterocycles. The van der Waals surface area contributed by atoms with Crippen molar-refractivity contribution in [2.24, 2.45) is 0 Å². The Morgan fingerprint density at radius 3 is 2.68 bits per heavy atom. The SMILES string of the molecule is Cc1cc(-c2c(-c3ccccc3)nc(=N)n3c2NN(Cc2ccc(F)cn2)C3)cnn1. The first kappa shape index (κ1) is 19.0. The molecule has 3 aromatic heterocycles. The molecule has 154 valence electrons. The van der Waals surface area contributed by atoms with Gasteiger partial charge in [-0.1, -0.05) is 30.3 Å². The van der Waals surface area contributed by atoms with E-state index in [-0.39, 0.29) is 11.4 Å². The van der Waals surface area contributed by atoms with Gasteiger partial charge in [0.25, 0.3) is 0 Å². The molecule has 0 saturated carbocycles. The number of benzene rings is 1. The molecule has 0 aliphatic carbocycles. The third-order valence-electron chi connectivity index (χ3n) is 5.05. The fourth-order valence-electron chi connectivity index (χ4n) is 3.66. The Bertz CT molecular complexity index is 1300. The molecule has 31 heavy (non-hydrogen) atoms. The lowest BCUT2D eigenvalue weighted by atomic mass is 10.0. The Morgan fingerprint density at radius 2 is 1.94 bits per heavy atom. The lowest BCUT2D eigenvalue weighted by Crippen LogP contribution is -2.27. The Hall–Kier alpha value is -3.98. The van der Waals surface area contributed by atoms with Gasteiger partial charge >= 0.3 is 0 Å². The third-order valence-corrected chi connectivity index (χ3v) is 5.05. The van der Waals surface area contributed by atoms with Crippen molar-refractivity contribution < 1.29 is 4.39 Å². The minimum absolute atomic E-state index is 0.137. The molecule has 4 heterocycles. The van der Waals surface area contributed by atoms with E-state index in [1.807, 2.05) is 48.3 Å².